The van der Waals surface area contributed by atoms with Crippen molar-refractivity contribution < 1.29 is 9.21 Å². The van der Waals surface area contributed by atoms with Gasteiger partial charge in [0, 0.05) is 5.92 Å². The molecule has 0 unspecified atom stereocenters. The Labute approximate surface area is 116 Å². The van der Waals surface area contributed by atoms with Crippen LogP contribution in [0.1, 0.15) is 25.0 Å². The molecule has 2 N–H and O–H groups in total. The number of nitrogens with one attached hydrogen (secondary N) is 2. The monoisotopic (exact) mass is 272 g/mol. The van der Waals surface area contributed by atoms with Gasteiger partial charge < -0.3 is 15.1 Å². The highest BCUT2D eigenvalue weighted by atomic mass is 16.3. The Bertz CT molecular complexity index is 561. The first kappa shape index (κ1) is 12.7. The minimum atomic E-state index is 0.0434. The van der Waals surface area contributed by atoms with Crippen molar-refractivity contribution in [2.24, 2.45) is 5.92 Å². The molecule has 0 aromatic carbocycles. The van der Waals surface area contributed by atoms with E-state index in [0.717, 1.165) is 25.0 Å². The molecule has 1 aliphatic rings. The number of hydrogen-bond donors (Lipinski definition) is 2. The van der Waals surface area contributed by atoms with Crippen molar-refractivity contribution in [3.8, 4) is 0 Å². The average molecular weight is 272 g/mol. The zero-order valence-corrected chi connectivity index (χ0v) is 11.0. The molecule has 0 saturated heterocycles. The van der Waals surface area contributed by atoms with E-state index in [1.807, 2.05) is 12.1 Å². The van der Waals surface area contributed by atoms with Gasteiger partial charge in [-0.05, 0) is 37.1 Å². The lowest BCUT2D eigenvalue weighted by Crippen LogP contribution is -2.28. The van der Waals surface area contributed by atoms with Crippen LogP contribution in [0.3, 0.4) is 0 Å². The van der Waals surface area contributed by atoms with E-state index in [1.165, 1.54) is 0 Å². The summed E-state index contributed by atoms with van der Waals surface area (Å²) >= 11 is 0. The van der Waals surface area contributed by atoms with Crippen LogP contribution in [-0.4, -0.2) is 16.1 Å². The zero-order chi connectivity index (χ0) is 13.8. The number of amides is 1. The largest absolute Gasteiger partial charge is 0.467 e. The number of furan rings is 1. The van der Waals surface area contributed by atoms with Gasteiger partial charge in [0.05, 0.1) is 12.8 Å². The molecule has 1 fully saturated rings. The standard InChI is InChI=1S/C14H16N4O2/c19-14(10-3-1-4-10)16-13-7-6-12(17-18-13)15-9-11-5-2-8-20-11/h2,5-8,10H,1,3-4,9H2,(H,15,17)(H,16,18,19). The maximum atomic E-state index is 11.8. The van der Waals surface area contributed by atoms with Crippen LogP contribution in [0, 0.1) is 5.92 Å². The van der Waals surface area contributed by atoms with Crippen molar-refractivity contribution in [2.75, 3.05) is 10.6 Å². The van der Waals surface area contributed by atoms with E-state index in [-0.39, 0.29) is 11.8 Å². The minimum absolute atomic E-state index is 0.0434. The molecule has 1 aliphatic carbocycles. The summed E-state index contributed by atoms with van der Waals surface area (Å²) in [5.41, 5.74) is 0. The van der Waals surface area contributed by atoms with Gasteiger partial charge in [0.1, 0.15) is 11.6 Å². The fourth-order valence-corrected chi connectivity index (χ4v) is 1.98. The molecule has 2 heterocycles. The predicted molar refractivity (Wildman–Crippen MR) is 74.0 cm³/mol. The van der Waals surface area contributed by atoms with Crippen molar-refractivity contribution >= 4 is 17.5 Å². The molecular weight excluding hydrogens is 256 g/mol. The maximum absolute atomic E-state index is 11.8. The molecule has 0 aliphatic heterocycles. The molecule has 2 aromatic heterocycles. The molecule has 6 heteroatoms. The first-order valence-electron chi connectivity index (χ1n) is 6.72. The van der Waals surface area contributed by atoms with Gasteiger partial charge in [0.25, 0.3) is 0 Å². The Morgan fingerprint density at radius 3 is 2.65 bits per heavy atom. The number of nitrogens with zero attached hydrogens (tertiary/aromatic N) is 2. The fraction of sp³-hybridized carbons (Fsp3) is 0.357. The van der Waals surface area contributed by atoms with Crippen LogP contribution in [0.25, 0.3) is 0 Å². The number of hydrogen-bond acceptors (Lipinski definition) is 5. The average Bonchev–Trinajstić information content (AvgIpc) is 2.89. The number of carbonyl (C=O) groups excluding carboxylic acids is 1. The Hall–Kier alpha value is -2.37. The Kier molecular flexibility index (Phi) is 3.62. The second-order valence-corrected chi connectivity index (χ2v) is 4.85. The van der Waals surface area contributed by atoms with Crippen LogP contribution < -0.4 is 10.6 Å². The van der Waals surface area contributed by atoms with Gasteiger partial charge in [-0.2, -0.15) is 0 Å². The third kappa shape index (κ3) is 2.96. The number of aromatic nitrogens is 2. The maximum Gasteiger partial charge on any atom is 0.228 e. The topological polar surface area (TPSA) is 80.0 Å². The fourth-order valence-electron chi connectivity index (χ4n) is 1.98. The third-order valence-corrected chi connectivity index (χ3v) is 3.42. The van der Waals surface area contributed by atoms with Crippen molar-refractivity contribution in [1.29, 1.82) is 0 Å². The summed E-state index contributed by atoms with van der Waals surface area (Å²) in [7, 11) is 0. The van der Waals surface area contributed by atoms with Gasteiger partial charge in [-0.15, -0.1) is 10.2 Å². The van der Waals surface area contributed by atoms with Gasteiger partial charge >= 0.3 is 0 Å². The van der Waals surface area contributed by atoms with Crippen LogP contribution in [0.5, 0.6) is 0 Å². The van der Waals surface area contributed by atoms with Crippen LogP contribution in [-0.2, 0) is 11.3 Å². The molecule has 0 bridgehead atoms. The van der Waals surface area contributed by atoms with E-state index in [1.54, 1.807) is 18.4 Å². The first-order chi connectivity index (χ1) is 9.81. The first-order valence-corrected chi connectivity index (χ1v) is 6.72. The molecule has 104 valence electrons. The van der Waals surface area contributed by atoms with E-state index in [9.17, 15) is 4.79 Å². The van der Waals surface area contributed by atoms with Crippen molar-refractivity contribution in [1.82, 2.24) is 10.2 Å². The summed E-state index contributed by atoms with van der Waals surface area (Å²) in [5.74, 6) is 2.15. The Balaban J connectivity index is 1.52. The lowest BCUT2D eigenvalue weighted by molar-refractivity contribution is -0.122. The molecule has 6 nitrogen and oxygen atoms in total. The SMILES string of the molecule is O=C(Nc1ccc(NCc2ccco2)nn1)C1CCC1. The van der Waals surface area contributed by atoms with Gasteiger partial charge in [-0.1, -0.05) is 6.42 Å². The number of carbonyl (C=O) groups is 1. The van der Waals surface area contributed by atoms with Gasteiger partial charge in [0.15, 0.2) is 5.82 Å². The van der Waals surface area contributed by atoms with Crippen LogP contribution >= 0.6 is 0 Å². The van der Waals surface area contributed by atoms with Crippen molar-refractivity contribution in [3.05, 3.63) is 36.3 Å². The third-order valence-electron chi connectivity index (χ3n) is 3.42. The van der Waals surface area contributed by atoms with E-state index in [2.05, 4.69) is 20.8 Å². The van der Waals surface area contributed by atoms with Gasteiger partial charge in [-0.25, -0.2) is 0 Å². The normalized spacial score (nSPS) is 14.6. The van der Waals surface area contributed by atoms with E-state index >= 15 is 0 Å². The summed E-state index contributed by atoms with van der Waals surface area (Å²) in [6, 6.07) is 7.25. The molecule has 0 spiro atoms. The molecule has 3 rings (SSSR count). The van der Waals surface area contributed by atoms with Gasteiger partial charge in [0.2, 0.25) is 5.91 Å². The summed E-state index contributed by atoms with van der Waals surface area (Å²) in [6.45, 7) is 0.551. The second kappa shape index (κ2) is 5.73. The van der Waals surface area contributed by atoms with Crippen LogP contribution in [0.4, 0.5) is 11.6 Å². The highest BCUT2D eigenvalue weighted by molar-refractivity contribution is 5.92. The van der Waals surface area contributed by atoms with Crippen molar-refractivity contribution in [3.63, 3.8) is 0 Å². The smallest absolute Gasteiger partial charge is 0.228 e. The molecule has 2 aromatic rings. The molecule has 0 radical (unpaired) electrons. The summed E-state index contributed by atoms with van der Waals surface area (Å²) < 4.78 is 5.21. The molecule has 1 saturated carbocycles. The Morgan fingerprint density at radius 1 is 1.25 bits per heavy atom. The highest BCUT2D eigenvalue weighted by Crippen LogP contribution is 2.27. The summed E-state index contributed by atoms with van der Waals surface area (Å²) in [6.07, 6.45) is 4.71. The molecule has 0 atom stereocenters. The lowest BCUT2D eigenvalue weighted by atomic mass is 9.85. The van der Waals surface area contributed by atoms with E-state index in [0.29, 0.717) is 18.2 Å². The predicted octanol–water partition coefficient (Wildman–Crippen LogP) is 2.42. The minimum Gasteiger partial charge on any atom is -0.467 e. The number of anilines is 2. The lowest BCUT2D eigenvalue weighted by Gasteiger charge is -2.23. The summed E-state index contributed by atoms with van der Waals surface area (Å²) in [4.78, 5) is 11.8. The van der Waals surface area contributed by atoms with Crippen LogP contribution in [0.15, 0.2) is 34.9 Å². The zero-order valence-electron chi connectivity index (χ0n) is 11.0. The van der Waals surface area contributed by atoms with E-state index < -0.39 is 0 Å². The molecule has 20 heavy (non-hydrogen) atoms. The summed E-state index contributed by atoms with van der Waals surface area (Å²) in [5, 5.41) is 13.9. The molecular formula is C14H16N4O2. The van der Waals surface area contributed by atoms with Crippen molar-refractivity contribution in [2.45, 2.75) is 25.8 Å². The van der Waals surface area contributed by atoms with E-state index in [4.69, 9.17) is 4.42 Å². The highest BCUT2D eigenvalue weighted by Gasteiger charge is 2.25. The Morgan fingerprint density at radius 2 is 2.05 bits per heavy atom. The quantitative estimate of drug-likeness (QED) is 0.873. The van der Waals surface area contributed by atoms with Gasteiger partial charge in [-0.3, -0.25) is 4.79 Å². The second-order valence-electron chi connectivity index (χ2n) is 4.85. The number of rotatable bonds is 5. The molecule has 1 amide bonds. The van der Waals surface area contributed by atoms with Crippen LogP contribution in [0.2, 0.25) is 0 Å².